The highest BCUT2D eigenvalue weighted by molar-refractivity contribution is 6.11. The Morgan fingerprint density at radius 1 is 0.912 bits per heavy atom. The Morgan fingerprint density at radius 2 is 1.59 bits per heavy atom. The number of carbonyl (C=O) groups excluding carboxylic acids is 3. The normalized spacial score (nSPS) is 15.3. The van der Waals surface area contributed by atoms with Gasteiger partial charge >= 0.3 is 0 Å². The van der Waals surface area contributed by atoms with E-state index >= 15 is 0 Å². The maximum Gasteiger partial charge on any atom is 0.257 e. The summed E-state index contributed by atoms with van der Waals surface area (Å²) in [6.07, 6.45) is 1.06. The van der Waals surface area contributed by atoms with E-state index in [4.69, 9.17) is 0 Å². The number of hydrogen-bond acceptors (Lipinski definition) is 3. The summed E-state index contributed by atoms with van der Waals surface area (Å²) in [6.45, 7) is 6.27. The van der Waals surface area contributed by atoms with Crippen LogP contribution < -0.4 is 15.5 Å². The Morgan fingerprint density at radius 3 is 2.26 bits per heavy atom. The van der Waals surface area contributed by atoms with Crippen molar-refractivity contribution in [1.82, 2.24) is 0 Å². The monoisotopic (exact) mass is 455 g/mol. The average Bonchev–Trinajstić information content (AvgIpc) is 3.23. The largest absolute Gasteiger partial charge is 0.325 e. The van der Waals surface area contributed by atoms with Crippen LogP contribution in [0.5, 0.6) is 0 Å². The molecule has 34 heavy (non-hydrogen) atoms. The van der Waals surface area contributed by atoms with Crippen LogP contribution in [0.15, 0.2) is 66.7 Å². The highest BCUT2D eigenvalue weighted by atomic mass is 16.2. The molecule has 6 nitrogen and oxygen atoms in total. The zero-order valence-corrected chi connectivity index (χ0v) is 19.7. The molecule has 0 radical (unpaired) electrons. The lowest BCUT2D eigenvalue weighted by atomic mass is 10.1. The molecule has 174 valence electrons. The minimum atomic E-state index is -0.493. The lowest BCUT2D eigenvalue weighted by molar-refractivity contribution is -0.122. The summed E-state index contributed by atoms with van der Waals surface area (Å²) in [6, 6.07) is 20.6. The number of hydrogen-bond donors (Lipinski definition) is 2. The third-order valence-electron chi connectivity index (χ3n) is 6.30. The van der Waals surface area contributed by atoms with Crippen LogP contribution in [-0.2, 0) is 16.0 Å². The summed E-state index contributed by atoms with van der Waals surface area (Å²) in [4.78, 5) is 40.4. The number of nitrogens with zero attached hydrogens (tertiary/aromatic N) is 1. The van der Waals surface area contributed by atoms with Crippen molar-refractivity contribution in [3.05, 3.63) is 89.0 Å². The standard InChI is InChI=1S/C28H29N3O3/c1-4-20-12-14-22(15-13-20)31-17-21(16-25(31)32)27(33)29-24-11-6-5-10-23(24)28(34)30-26-18(2)8-7-9-19(26)3/h5-15,21H,4,16-17H2,1-3H3,(H,29,33)(H,30,34)/t21-/m0/s1. The lowest BCUT2D eigenvalue weighted by Crippen LogP contribution is -2.28. The maximum atomic E-state index is 13.1. The molecule has 1 fully saturated rings. The van der Waals surface area contributed by atoms with Crippen LogP contribution >= 0.6 is 0 Å². The van der Waals surface area contributed by atoms with Gasteiger partial charge in [0.2, 0.25) is 11.8 Å². The first-order chi connectivity index (χ1) is 16.4. The van der Waals surface area contributed by atoms with E-state index in [1.54, 1.807) is 29.2 Å². The molecule has 1 heterocycles. The van der Waals surface area contributed by atoms with E-state index in [2.05, 4.69) is 17.6 Å². The van der Waals surface area contributed by atoms with Crippen molar-refractivity contribution in [2.45, 2.75) is 33.6 Å². The Balaban J connectivity index is 1.47. The Kier molecular flexibility index (Phi) is 6.77. The van der Waals surface area contributed by atoms with Gasteiger partial charge in [-0.3, -0.25) is 14.4 Å². The van der Waals surface area contributed by atoms with Crippen molar-refractivity contribution < 1.29 is 14.4 Å². The fraction of sp³-hybridized carbons (Fsp3) is 0.250. The number of amides is 3. The molecule has 1 aliphatic heterocycles. The van der Waals surface area contributed by atoms with E-state index in [0.717, 1.165) is 28.9 Å². The molecule has 3 aromatic rings. The van der Waals surface area contributed by atoms with Gasteiger partial charge in [0.15, 0.2) is 0 Å². The second-order valence-electron chi connectivity index (χ2n) is 8.68. The van der Waals surface area contributed by atoms with Gasteiger partial charge in [-0.25, -0.2) is 0 Å². The second-order valence-corrected chi connectivity index (χ2v) is 8.68. The number of aryl methyl sites for hydroxylation is 3. The van der Waals surface area contributed by atoms with E-state index < -0.39 is 5.92 Å². The molecule has 6 heteroatoms. The molecule has 1 atom stereocenters. The highest BCUT2D eigenvalue weighted by Crippen LogP contribution is 2.28. The van der Waals surface area contributed by atoms with Gasteiger partial charge in [0.1, 0.15) is 0 Å². The third kappa shape index (κ3) is 4.86. The van der Waals surface area contributed by atoms with Crippen LogP contribution in [0.4, 0.5) is 17.1 Å². The minimum absolute atomic E-state index is 0.0783. The fourth-order valence-corrected chi connectivity index (χ4v) is 4.26. The number of anilines is 3. The quantitative estimate of drug-likeness (QED) is 0.542. The van der Waals surface area contributed by atoms with Gasteiger partial charge in [-0.05, 0) is 61.2 Å². The zero-order valence-electron chi connectivity index (χ0n) is 19.7. The summed E-state index contributed by atoms with van der Waals surface area (Å²) in [5, 5.41) is 5.85. The minimum Gasteiger partial charge on any atom is -0.325 e. The van der Waals surface area contributed by atoms with Gasteiger partial charge in [0.25, 0.3) is 5.91 Å². The second kappa shape index (κ2) is 9.91. The Bertz CT molecular complexity index is 1210. The lowest BCUT2D eigenvalue weighted by Gasteiger charge is -2.18. The topological polar surface area (TPSA) is 78.5 Å². The van der Waals surface area contributed by atoms with Crippen molar-refractivity contribution in [1.29, 1.82) is 0 Å². The number of benzene rings is 3. The first-order valence-electron chi connectivity index (χ1n) is 11.5. The van der Waals surface area contributed by atoms with Crippen LogP contribution in [0.3, 0.4) is 0 Å². The average molecular weight is 456 g/mol. The van der Waals surface area contributed by atoms with Crippen molar-refractivity contribution in [3.8, 4) is 0 Å². The van der Waals surface area contributed by atoms with Gasteiger partial charge in [0.05, 0.1) is 17.2 Å². The smallest absolute Gasteiger partial charge is 0.257 e. The van der Waals surface area contributed by atoms with Crippen molar-refractivity contribution in [2.24, 2.45) is 5.92 Å². The van der Waals surface area contributed by atoms with Gasteiger partial charge in [-0.1, -0.05) is 49.4 Å². The third-order valence-corrected chi connectivity index (χ3v) is 6.30. The van der Waals surface area contributed by atoms with Crippen LogP contribution in [0, 0.1) is 19.8 Å². The molecular formula is C28H29N3O3. The number of para-hydroxylation sites is 2. The van der Waals surface area contributed by atoms with Crippen molar-refractivity contribution >= 4 is 34.8 Å². The number of nitrogens with one attached hydrogen (secondary N) is 2. The summed E-state index contributed by atoms with van der Waals surface area (Å²) in [5.74, 6) is -1.14. The predicted octanol–water partition coefficient (Wildman–Crippen LogP) is 5.11. The number of carbonyl (C=O) groups is 3. The Hall–Kier alpha value is -3.93. The zero-order chi connectivity index (χ0) is 24.2. The molecule has 4 rings (SSSR count). The molecule has 2 N–H and O–H groups in total. The molecule has 0 spiro atoms. The first-order valence-corrected chi connectivity index (χ1v) is 11.5. The van der Waals surface area contributed by atoms with Gasteiger partial charge in [-0.15, -0.1) is 0 Å². The molecule has 0 aromatic heterocycles. The highest BCUT2D eigenvalue weighted by Gasteiger charge is 2.35. The van der Waals surface area contributed by atoms with E-state index in [0.29, 0.717) is 17.8 Å². The summed E-state index contributed by atoms with van der Waals surface area (Å²) in [7, 11) is 0. The van der Waals surface area contributed by atoms with Gasteiger partial charge in [-0.2, -0.15) is 0 Å². The first kappa shape index (κ1) is 23.2. The number of rotatable bonds is 6. The van der Waals surface area contributed by atoms with Gasteiger partial charge in [0, 0.05) is 24.3 Å². The van der Waals surface area contributed by atoms with Crippen LogP contribution in [-0.4, -0.2) is 24.3 Å². The van der Waals surface area contributed by atoms with Gasteiger partial charge < -0.3 is 15.5 Å². The SMILES string of the molecule is CCc1ccc(N2C[C@@H](C(=O)Nc3ccccc3C(=O)Nc3c(C)cccc3C)CC2=O)cc1. The molecule has 1 aliphatic rings. The summed E-state index contributed by atoms with van der Waals surface area (Å²) < 4.78 is 0. The maximum absolute atomic E-state index is 13.1. The molecular weight excluding hydrogens is 426 g/mol. The molecule has 0 unspecified atom stereocenters. The summed E-state index contributed by atoms with van der Waals surface area (Å²) >= 11 is 0. The van der Waals surface area contributed by atoms with Crippen molar-refractivity contribution in [2.75, 3.05) is 22.1 Å². The molecule has 0 saturated carbocycles. The van der Waals surface area contributed by atoms with Crippen LogP contribution in [0.2, 0.25) is 0 Å². The Labute approximate surface area is 200 Å². The molecule has 0 bridgehead atoms. The molecule has 0 aliphatic carbocycles. The van der Waals surface area contributed by atoms with E-state index in [1.165, 1.54) is 5.56 Å². The van der Waals surface area contributed by atoms with E-state index in [9.17, 15) is 14.4 Å². The van der Waals surface area contributed by atoms with E-state index in [-0.39, 0.29) is 24.1 Å². The van der Waals surface area contributed by atoms with Crippen molar-refractivity contribution in [3.63, 3.8) is 0 Å². The molecule has 1 saturated heterocycles. The molecule has 3 aromatic carbocycles. The predicted molar refractivity (Wildman–Crippen MR) is 135 cm³/mol. The van der Waals surface area contributed by atoms with E-state index in [1.807, 2.05) is 56.3 Å². The molecule has 3 amide bonds. The van der Waals surface area contributed by atoms with Crippen LogP contribution in [0.25, 0.3) is 0 Å². The van der Waals surface area contributed by atoms with Crippen LogP contribution in [0.1, 0.15) is 40.4 Å². The summed E-state index contributed by atoms with van der Waals surface area (Å²) in [5.41, 5.74) is 5.48. The fourth-order valence-electron chi connectivity index (χ4n) is 4.26.